The third-order valence-corrected chi connectivity index (χ3v) is 13.1. The smallest absolute Gasteiger partial charge is 0.331 e. The highest BCUT2D eigenvalue weighted by molar-refractivity contribution is 7.90. The Hall–Kier alpha value is -3.08. The number of halogens is 1. The van der Waals surface area contributed by atoms with E-state index >= 15 is 0 Å². The van der Waals surface area contributed by atoms with Gasteiger partial charge >= 0.3 is 5.97 Å². The molecule has 0 unspecified atom stereocenters. The predicted molar refractivity (Wildman–Crippen MR) is 179 cm³/mol. The van der Waals surface area contributed by atoms with Gasteiger partial charge in [-0.2, -0.15) is 0 Å². The lowest BCUT2D eigenvalue weighted by Gasteiger charge is -2.46. The van der Waals surface area contributed by atoms with Gasteiger partial charge in [0.1, 0.15) is 12.4 Å². The zero-order chi connectivity index (χ0) is 32.8. The first kappa shape index (κ1) is 32.5. The molecular weight excluding hydrogens is 640 g/mol. The second-order valence-electron chi connectivity index (χ2n) is 14.0. The highest BCUT2D eigenvalue weighted by Gasteiger charge is 2.45. The molecule has 11 heteroatoms. The SMILES string of the molecule is COC(=O)CO[C@H]1/C=C/CC[C@@H](C2CC2)S(=O)(=O)NC(=O)c2ccc3c(c2)N(C[C@@H]2CC[C@H]21)C[C@@]1(CCCc2cc(Cl)ccc21)CO3. The van der Waals surface area contributed by atoms with Crippen molar-refractivity contribution in [2.45, 2.75) is 74.6 Å². The molecule has 5 aliphatic rings. The number of methoxy groups -OCH3 is 1. The summed E-state index contributed by atoms with van der Waals surface area (Å²) in [5, 5.41) is 0.0665. The van der Waals surface area contributed by atoms with Crippen molar-refractivity contribution in [2.24, 2.45) is 17.8 Å². The van der Waals surface area contributed by atoms with E-state index in [-0.39, 0.29) is 35.9 Å². The maximum Gasteiger partial charge on any atom is 0.331 e. The van der Waals surface area contributed by atoms with Crippen LogP contribution in [0.5, 0.6) is 5.75 Å². The number of carbonyl (C=O) groups is 2. The highest BCUT2D eigenvalue weighted by atomic mass is 35.5. The monoisotopic (exact) mass is 682 g/mol. The van der Waals surface area contributed by atoms with Gasteiger partial charge in [0.2, 0.25) is 10.0 Å². The molecule has 0 radical (unpaired) electrons. The first-order chi connectivity index (χ1) is 22.7. The molecule has 1 amide bonds. The van der Waals surface area contributed by atoms with Crippen LogP contribution in [0.1, 0.15) is 72.9 Å². The zero-order valence-corrected chi connectivity index (χ0v) is 28.4. The van der Waals surface area contributed by atoms with Gasteiger partial charge in [0.25, 0.3) is 5.91 Å². The topological polar surface area (TPSA) is 111 Å². The molecule has 2 aliphatic heterocycles. The van der Waals surface area contributed by atoms with E-state index in [1.165, 1.54) is 18.2 Å². The number of carbonyl (C=O) groups excluding carboxylic acids is 2. The summed E-state index contributed by atoms with van der Waals surface area (Å²) in [6, 6.07) is 11.4. The molecular formula is C36H43ClN2O7S. The Morgan fingerprint density at radius 2 is 1.94 bits per heavy atom. The molecule has 2 fully saturated rings. The van der Waals surface area contributed by atoms with Crippen molar-refractivity contribution in [2.75, 3.05) is 38.3 Å². The van der Waals surface area contributed by atoms with Crippen LogP contribution in [0.2, 0.25) is 5.02 Å². The lowest BCUT2D eigenvalue weighted by Crippen LogP contribution is -2.49. The molecule has 0 aromatic heterocycles. The van der Waals surface area contributed by atoms with Crippen LogP contribution in [-0.2, 0) is 36.1 Å². The number of hydrogen-bond donors (Lipinski definition) is 1. The summed E-state index contributed by atoms with van der Waals surface area (Å²) in [6.07, 6.45) is 11.1. The first-order valence-corrected chi connectivity index (χ1v) is 18.8. The molecule has 9 nitrogen and oxygen atoms in total. The van der Waals surface area contributed by atoms with E-state index < -0.39 is 27.1 Å². The van der Waals surface area contributed by atoms with Crippen molar-refractivity contribution >= 4 is 39.2 Å². The van der Waals surface area contributed by atoms with Crippen molar-refractivity contribution in [3.63, 3.8) is 0 Å². The number of amides is 1. The van der Waals surface area contributed by atoms with Gasteiger partial charge in [-0.3, -0.25) is 4.79 Å². The summed E-state index contributed by atoms with van der Waals surface area (Å²) in [7, 11) is -2.56. The number of hydrogen-bond acceptors (Lipinski definition) is 8. The fourth-order valence-electron chi connectivity index (χ4n) is 8.20. The summed E-state index contributed by atoms with van der Waals surface area (Å²) in [5.74, 6) is 0.100. The van der Waals surface area contributed by atoms with Gasteiger partial charge in [-0.25, -0.2) is 17.9 Å². The zero-order valence-electron chi connectivity index (χ0n) is 26.8. The van der Waals surface area contributed by atoms with Gasteiger partial charge < -0.3 is 19.1 Å². The van der Waals surface area contributed by atoms with Crippen LogP contribution in [0.4, 0.5) is 5.69 Å². The number of benzene rings is 2. The quantitative estimate of drug-likeness (QED) is 0.329. The molecule has 2 heterocycles. The summed E-state index contributed by atoms with van der Waals surface area (Å²) in [5.41, 5.74) is 3.27. The average molecular weight is 683 g/mol. The Morgan fingerprint density at radius 3 is 2.70 bits per heavy atom. The lowest BCUT2D eigenvalue weighted by atomic mass is 9.68. The van der Waals surface area contributed by atoms with Crippen molar-refractivity contribution in [1.29, 1.82) is 0 Å². The van der Waals surface area contributed by atoms with Gasteiger partial charge in [0.05, 0.1) is 30.8 Å². The maximum atomic E-state index is 13.6. The Kier molecular flexibility index (Phi) is 9.04. The number of aryl methyl sites for hydroxylation is 1. The van der Waals surface area contributed by atoms with Gasteiger partial charge in [0, 0.05) is 29.1 Å². The van der Waals surface area contributed by atoms with Gasteiger partial charge in [0.15, 0.2) is 0 Å². The molecule has 7 rings (SSSR count). The van der Waals surface area contributed by atoms with Crippen LogP contribution in [0, 0.1) is 17.8 Å². The van der Waals surface area contributed by atoms with E-state index in [2.05, 4.69) is 21.8 Å². The van der Waals surface area contributed by atoms with Gasteiger partial charge in [-0.15, -0.1) is 0 Å². The molecule has 5 atom stereocenters. The molecule has 2 aromatic carbocycles. The lowest BCUT2D eigenvalue weighted by molar-refractivity contribution is -0.149. The van der Waals surface area contributed by atoms with Crippen molar-refractivity contribution in [3.05, 3.63) is 70.3 Å². The van der Waals surface area contributed by atoms with E-state index in [0.717, 1.165) is 55.7 Å². The van der Waals surface area contributed by atoms with Crippen molar-refractivity contribution < 1.29 is 32.2 Å². The van der Waals surface area contributed by atoms with Crippen LogP contribution < -0.4 is 14.4 Å². The molecule has 47 heavy (non-hydrogen) atoms. The van der Waals surface area contributed by atoms with Crippen LogP contribution >= 0.6 is 11.6 Å². The second kappa shape index (κ2) is 13.1. The van der Waals surface area contributed by atoms with E-state index in [1.54, 1.807) is 18.2 Å². The molecule has 252 valence electrons. The molecule has 1 N–H and O–H groups in total. The van der Waals surface area contributed by atoms with E-state index in [9.17, 15) is 18.0 Å². The number of nitrogens with one attached hydrogen (secondary N) is 1. The molecule has 2 aromatic rings. The van der Waals surface area contributed by atoms with E-state index in [0.29, 0.717) is 43.9 Å². The van der Waals surface area contributed by atoms with Crippen molar-refractivity contribution in [3.8, 4) is 5.75 Å². The number of allylic oxidation sites excluding steroid dienone is 1. The van der Waals surface area contributed by atoms with Crippen LogP contribution in [0.15, 0.2) is 48.6 Å². The van der Waals surface area contributed by atoms with Gasteiger partial charge in [-0.1, -0.05) is 29.8 Å². The molecule has 1 spiro atoms. The molecule has 2 bridgehead atoms. The Bertz CT molecular complexity index is 1680. The summed E-state index contributed by atoms with van der Waals surface area (Å²) < 4.78 is 47.2. The number of sulfonamides is 1. The minimum absolute atomic E-state index is 0.0374. The van der Waals surface area contributed by atoms with Crippen LogP contribution in [0.25, 0.3) is 0 Å². The third-order valence-electron chi connectivity index (χ3n) is 11.0. The Morgan fingerprint density at radius 1 is 1.11 bits per heavy atom. The number of anilines is 1. The minimum Gasteiger partial charge on any atom is -0.490 e. The highest BCUT2D eigenvalue weighted by Crippen LogP contribution is 2.47. The van der Waals surface area contributed by atoms with Crippen LogP contribution in [-0.4, -0.2) is 65.1 Å². The van der Waals surface area contributed by atoms with Crippen LogP contribution in [0.3, 0.4) is 0 Å². The number of rotatable bonds is 4. The second-order valence-corrected chi connectivity index (χ2v) is 16.3. The fraction of sp³-hybridized carbons (Fsp3) is 0.556. The molecule has 3 aliphatic carbocycles. The molecule has 0 saturated heterocycles. The minimum atomic E-state index is -3.91. The van der Waals surface area contributed by atoms with Crippen molar-refractivity contribution in [1.82, 2.24) is 4.72 Å². The molecule has 2 saturated carbocycles. The van der Waals surface area contributed by atoms with E-state index in [4.69, 9.17) is 25.8 Å². The fourth-order valence-corrected chi connectivity index (χ4v) is 10.2. The third kappa shape index (κ3) is 6.65. The number of esters is 1. The van der Waals surface area contributed by atoms with Gasteiger partial charge in [-0.05, 0) is 117 Å². The maximum absolute atomic E-state index is 13.6. The first-order valence-electron chi connectivity index (χ1n) is 16.9. The number of nitrogens with zero attached hydrogens (tertiary/aromatic N) is 1. The number of fused-ring (bicyclic) bond motifs is 4. The summed E-state index contributed by atoms with van der Waals surface area (Å²) >= 11 is 6.43. The summed E-state index contributed by atoms with van der Waals surface area (Å²) in [6.45, 7) is 1.71. The standard InChI is InChI=1S/C36H43ClN2O7S/c1-44-34(40)20-45-31-6-2-3-7-33(23-8-9-23)47(42,43)38-35(41)25-11-15-32-30(18-25)39(19-26-10-13-28(26)31)21-36(22-46-32)16-4-5-24-17-27(37)12-14-29(24)36/h2,6,11-12,14-15,17-18,23,26,28,31,33H,3-5,7-10,13,16,19-22H2,1H3,(H,38,41)/b6-2+/t26-,28+,31-,33-,36-/m0/s1. The number of ether oxygens (including phenoxy) is 3. The average Bonchev–Trinajstić information content (AvgIpc) is 3.89. The largest absolute Gasteiger partial charge is 0.490 e. The van der Waals surface area contributed by atoms with E-state index in [1.807, 2.05) is 18.2 Å². The normalized spacial score (nSPS) is 30.9. The predicted octanol–water partition coefficient (Wildman–Crippen LogP) is 5.59. The summed E-state index contributed by atoms with van der Waals surface area (Å²) in [4.78, 5) is 28.0. The Balaban J connectivity index is 1.28. The Labute approximate surface area is 282 Å².